The Kier molecular flexibility index (Phi) is 6.14. The number of thioether (sulfide) groups is 1. The van der Waals surface area contributed by atoms with E-state index in [0.717, 1.165) is 26.4 Å². The van der Waals surface area contributed by atoms with E-state index in [1.165, 1.54) is 28.7 Å². The first kappa shape index (κ1) is 19.9. The molecule has 10 heteroatoms. The molecule has 4 aromatic rings. The molecule has 4 rings (SSSR count). The van der Waals surface area contributed by atoms with Crippen LogP contribution in [0.3, 0.4) is 0 Å². The third-order valence-electron chi connectivity index (χ3n) is 4.02. The smallest absolute Gasteiger partial charge is 0.236 e. The standard InChI is InChI=1S/C19H17N5O2S3/c1-11-3-5-12(6-4-11)13-8-27-17-16(13)18(21-10-20-17)28-9-14(25)22-19-24-23-15(29-19)7-26-2/h3-6,8,10H,7,9H2,1-2H3,(H,22,24,25). The number of aryl methyl sites for hydroxylation is 1. The van der Waals surface area contributed by atoms with E-state index in [1.807, 2.05) is 0 Å². The molecule has 0 aliphatic carbocycles. The summed E-state index contributed by atoms with van der Waals surface area (Å²) in [6, 6.07) is 8.36. The number of carbonyl (C=O) groups is 1. The molecular weight excluding hydrogens is 426 g/mol. The van der Waals surface area contributed by atoms with Crippen LogP contribution in [0.1, 0.15) is 10.6 Å². The number of nitrogens with one attached hydrogen (secondary N) is 1. The largest absolute Gasteiger partial charge is 0.377 e. The maximum Gasteiger partial charge on any atom is 0.236 e. The predicted molar refractivity (Wildman–Crippen MR) is 118 cm³/mol. The highest BCUT2D eigenvalue weighted by Crippen LogP contribution is 2.37. The van der Waals surface area contributed by atoms with Crippen molar-refractivity contribution in [2.75, 3.05) is 18.2 Å². The van der Waals surface area contributed by atoms with Crippen molar-refractivity contribution in [2.45, 2.75) is 18.6 Å². The van der Waals surface area contributed by atoms with E-state index >= 15 is 0 Å². The highest BCUT2D eigenvalue weighted by atomic mass is 32.2. The van der Waals surface area contributed by atoms with Gasteiger partial charge < -0.3 is 4.74 Å². The van der Waals surface area contributed by atoms with Gasteiger partial charge in [0.05, 0.1) is 11.1 Å². The summed E-state index contributed by atoms with van der Waals surface area (Å²) in [6.07, 6.45) is 1.54. The molecule has 0 spiro atoms. The lowest BCUT2D eigenvalue weighted by atomic mass is 10.1. The van der Waals surface area contributed by atoms with Crippen LogP contribution >= 0.6 is 34.4 Å². The Morgan fingerprint density at radius 3 is 2.83 bits per heavy atom. The number of anilines is 1. The molecule has 7 nitrogen and oxygen atoms in total. The number of nitrogens with zero attached hydrogens (tertiary/aromatic N) is 4. The van der Waals surface area contributed by atoms with Crippen LogP contribution in [0.15, 0.2) is 41.0 Å². The van der Waals surface area contributed by atoms with Crippen molar-refractivity contribution in [3.8, 4) is 11.1 Å². The molecule has 148 valence electrons. The number of aromatic nitrogens is 4. The molecular formula is C19H17N5O2S3. The van der Waals surface area contributed by atoms with Crippen molar-refractivity contribution in [2.24, 2.45) is 0 Å². The van der Waals surface area contributed by atoms with Gasteiger partial charge in [-0.25, -0.2) is 9.97 Å². The molecule has 1 aromatic carbocycles. The fraction of sp³-hybridized carbons (Fsp3) is 0.211. The number of benzene rings is 1. The average molecular weight is 444 g/mol. The van der Waals surface area contributed by atoms with Crippen LogP contribution in [0.2, 0.25) is 0 Å². The summed E-state index contributed by atoms with van der Waals surface area (Å²) in [7, 11) is 1.59. The van der Waals surface area contributed by atoms with Crippen molar-refractivity contribution >= 4 is 55.7 Å². The van der Waals surface area contributed by atoms with Crippen LogP contribution in [0.4, 0.5) is 5.13 Å². The SMILES string of the molecule is COCc1nnc(NC(=O)CSc2ncnc3scc(-c4ccc(C)cc4)c23)s1. The van der Waals surface area contributed by atoms with Gasteiger partial charge in [-0.2, -0.15) is 0 Å². The van der Waals surface area contributed by atoms with E-state index in [-0.39, 0.29) is 11.7 Å². The number of rotatable bonds is 7. The highest BCUT2D eigenvalue weighted by Gasteiger charge is 2.15. The summed E-state index contributed by atoms with van der Waals surface area (Å²) in [5.74, 6) is 0.0584. The van der Waals surface area contributed by atoms with Crippen LogP contribution in [0.25, 0.3) is 21.3 Å². The number of hydrogen-bond donors (Lipinski definition) is 1. The van der Waals surface area contributed by atoms with Crippen molar-refractivity contribution in [1.29, 1.82) is 0 Å². The zero-order chi connectivity index (χ0) is 20.2. The summed E-state index contributed by atoms with van der Waals surface area (Å²) < 4.78 is 5.02. The summed E-state index contributed by atoms with van der Waals surface area (Å²) in [4.78, 5) is 22.1. The second-order valence-corrected chi connectivity index (χ2v) is 9.03. The normalized spacial score (nSPS) is 11.1. The number of ether oxygens (including phenoxy) is 1. The van der Waals surface area contributed by atoms with Crippen LogP contribution < -0.4 is 5.32 Å². The summed E-state index contributed by atoms with van der Waals surface area (Å²) in [5, 5.41) is 15.7. The molecule has 0 atom stereocenters. The Morgan fingerprint density at radius 2 is 2.03 bits per heavy atom. The summed E-state index contributed by atoms with van der Waals surface area (Å²) in [6.45, 7) is 2.44. The average Bonchev–Trinajstić information content (AvgIpc) is 3.34. The number of hydrogen-bond acceptors (Lipinski definition) is 9. The molecule has 29 heavy (non-hydrogen) atoms. The first-order chi connectivity index (χ1) is 14.1. The van der Waals surface area contributed by atoms with Crippen molar-refractivity contribution in [1.82, 2.24) is 20.2 Å². The minimum Gasteiger partial charge on any atom is -0.377 e. The van der Waals surface area contributed by atoms with Gasteiger partial charge in [-0.05, 0) is 12.5 Å². The van der Waals surface area contributed by atoms with Crippen LogP contribution in [-0.2, 0) is 16.1 Å². The van der Waals surface area contributed by atoms with Crippen LogP contribution in [0, 0.1) is 6.92 Å². The van der Waals surface area contributed by atoms with E-state index in [0.29, 0.717) is 16.7 Å². The van der Waals surface area contributed by atoms with Crippen molar-refractivity contribution in [3.05, 3.63) is 46.5 Å². The Labute approximate surface area is 179 Å². The third kappa shape index (κ3) is 4.61. The van der Waals surface area contributed by atoms with E-state index in [2.05, 4.69) is 62.1 Å². The minimum absolute atomic E-state index is 0.158. The van der Waals surface area contributed by atoms with Gasteiger partial charge >= 0.3 is 0 Å². The van der Waals surface area contributed by atoms with Crippen LogP contribution in [0.5, 0.6) is 0 Å². The maximum absolute atomic E-state index is 12.4. The lowest BCUT2D eigenvalue weighted by molar-refractivity contribution is -0.113. The van der Waals surface area contributed by atoms with Gasteiger partial charge in [-0.3, -0.25) is 10.1 Å². The molecule has 0 unspecified atom stereocenters. The number of fused-ring (bicyclic) bond motifs is 1. The zero-order valence-corrected chi connectivity index (χ0v) is 18.2. The minimum atomic E-state index is -0.158. The van der Waals surface area contributed by atoms with Gasteiger partial charge in [-0.1, -0.05) is 52.9 Å². The lowest BCUT2D eigenvalue weighted by Crippen LogP contribution is -2.14. The predicted octanol–water partition coefficient (Wildman–Crippen LogP) is 4.40. The molecule has 3 aromatic heterocycles. The van der Waals surface area contributed by atoms with Gasteiger partial charge in [0.1, 0.15) is 27.8 Å². The molecule has 1 amide bonds. The second-order valence-electron chi connectivity index (χ2n) is 6.15. The fourth-order valence-electron chi connectivity index (χ4n) is 2.68. The maximum atomic E-state index is 12.4. The van der Waals surface area contributed by atoms with Gasteiger partial charge in [0, 0.05) is 18.1 Å². The second kappa shape index (κ2) is 8.95. The highest BCUT2D eigenvalue weighted by molar-refractivity contribution is 8.00. The number of methoxy groups -OCH3 is 1. The summed E-state index contributed by atoms with van der Waals surface area (Å²) in [5.41, 5.74) is 3.41. The number of carbonyl (C=O) groups excluding carboxylic acids is 1. The Bertz CT molecular complexity index is 1140. The van der Waals surface area contributed by atoms with E-state index in [9.17, 15) is 4.79 Å². The van der Waals surface area contributed by atoms with Crippen LogP contribution in [-0.4, -0.2) is 38.9 Å². The molecule has 0 saturated carbocycles. The van der Waals surface area contributed by atoms with Gasteiger partial charge in [0.15, 0.2) is 0 Å². The quantitative estimate of drug-likeness (QED) is 0.334. The monoisotopic (exact) mass is 443 g/mol. The number of thiophene rings is 1. The lowest BCUT2D eigenvalue weighted by Gasteiger charge is -2.05. The Hall–Kier alpha value is -2.40. The molecule has 3 heterocycles. The van der Waals surface area contributed by atoms with Gasteiger partial charge in [0.25, 0.3) is 0 Å². The fourth-order valence-corrected chi connectivity index (χ4v) is 5.20. The van der Waals surface area contributed by atoms with E-state index < -0.39 is 0 Å². The van der Waals surface area contributed by atoms with Crippen molar-refractivity contribution in [3.63, 3.8) is 0 Å². The zero-order valence-electron chi connectivity index (χ0n) is 15.7. The molecule has 0 bridgehead atoms. The van der Waals surface area contributed by atoms with Gasteiger partial charge in [-0.15, -0.1) is 21.5 Å². The van der Waals surface area contributed by atoms with E-state index in [4.69, 9.17) is 4.74 Å². The molecule has 0 saturated heterocycles. The third-order valence-corrected chi connectivity index (χ3v) is 6.71. The molecule has 0 fully saturated rings. The molecule has 0 aliphatic rings. The number of amides is 1. The Morgan fingerprint density at radius 1 is 1.21 bits per heavy atom. The molecule has 1 N–H and O–H groups in total. The van der Waals surface area contributed by atoms with Gasteiger partial charge in [0.2, 0.25) is 11.0 Å². The topological polar surface area (TPSA) is 89.9 Å². The Balaban J connectivity index is 1.51. The first-order valence-corrected chi connectivity index (χ1v) is 11.4. The van der Waals surface area contributed by atoms with Crippen molar-refractivity contribution < 1.29 is 9.53 Å². The molecule has 0 aliphatic heterocycles. The summed E-state index contributed by atoms with van der Waals surface area (Å²) >= 11 is 4.26. The molecule has 0 radical (unpaired) electrons. The first-order valence-electron chi connectivity index (χ1n) is 8.67. The van der Waals surface area contributed by atoms with E-state index in [1.54, 1.807) is 24.8 Å².